The lowest BCUT2D eigenvalue weighted by atomic mass is 10.3. The molecule has 114 valence electrons. The van der Waals surface area contributed by atoms with E-state index in [-0.39, 0.29) is 0 Å². The van der Waals surface area contributed by atoms with Gasteiger partial charge in [0.15, 0.2) is 11.2 Å². The highest BCUT2D eigenvalue weighted by molar-refractivity contribution is 7.08. The van der Waals surface area contributed by atoms with Gasteiger partial charge in [0.2, 0.25) is 5.42 Å². The summed E-state index contributed by atoms with van der Waals surface area (Å²) in [5, 5.41) is 4.33. The maximum atomic E-state index is 12.1. The summed E-state index contributed by atoms with van der Waals surface area (Å²) in [6.45, 7) is 0. The maximum Gasteiger partial charge on any atom is 0.344 e. The Labute approximate surface area is 133 Å². The topological polar surface area (TPSA) is 65.7 Å². The average molecular weight is 326 g/mol. The van der Waals surface area contributed by atoms with Gasteiger partial charge in [-0.25, -0.2) is 4.79 Å². The fourth-order valence-corrected chi connectivity index (χ4v) is 2.62. The van der Waals surface area contributed by atoms with Crippen molar-refractivity contribution in [3.8, 4) is 5.75 Å². The molecule has 4 heterocycles. The number of hydrogen-bond donors (Lipinski definition) is 0. The summed E-state index contributed by atoms with van der Waals surface area (Å²) in [5.74, 6) is -0.114. The molecule has 0 radical (unpaired) electrons. The van der Waals surface area contributed by atoms with Gasteiger partial charge in [-0.15, -0.1) is 0 Å². The van der Waals surface area contributed by atoms with Crippen LogP contribution in [0.4, 0.5) is 0 Å². The first-order valence-electron chi connectivity index (χ1n) is 6.76. The number of ether oxygens (including phenoxy) is 1. The van der Waals surface area contributed by atoms with Crippen molar-refractivity contribution in [2.75, 3.05) is 0 Å². The second-order valence-corrected chi connectivity index (χ2v) is 5.47. The van der Waals surface area contributed by atoms with E-state index in [1.54, 1.807) is 48.2 Å². The summed E-state index contributed by atoms with van der Waals surface area (Å²) >= 11 is 1.43. The number of carbonyl (C=O) groups excluding carboxylic acids is 1. The molecule has 2 aliphatic rings. The third kappa shape index (κ3) is 2.84. The standard InChI is InChI=1S/C17H10O5S/c18-17(12-4-7-23-10-12)22-13-2-1-5-19-9-11-3-6-20-14(11)8-15-16(13)21-15/h1-10H. The molecule has 0 amide bonds. The Balaban J connectivity index is 1.83. The normalized spacial score (nSPS) is 10.8. The molecule has 6 heteroatoms. The van der Waals surface area contributed by atoms with Gasteiger partial charge < -0.3 is 18.0 Å². The van der Waals surface area contributed by atoms with E-state index in [1.165, 1.54) is 17.6 Å². The number of rotatable bonds is 2. The SMILES string of the molecule is O=C(Oc1cccocc2ccoc2cc2oc1=2)c1ccsc1. The van der Waals surface area contributed by atoms with Crippen molar-refractivity contribution in [2.45, 2.75) is 0 Å². The lowest BCUT2D eigenvalue weighted by Crippen LogP contribution is -2.06. The van der Waals surface area contributed by atoms with Crippen LogP contribution in [0.1, 0.15) is 10.4 Å². The van der Waals surface area contributed by atoms with Gasteiger partial charge in [0.1, 0.15) is 11.8 Å². The maximum absolute atomic E-state index is 12.1. The van der Waals surface area contributed by atoms with E-state index >= 15 is 0 Å². The molecule has 4 rings (SSSR count). The molecule has 5 nitrogen and oxygen atoms in total. The molecule has 0 bridgehead atoms. The van der Waals surface area contributed by atoms with Crippen LogP contribution >= 0.6 is 11.3 Å². The summed E-state index contributed by atoms with van der Waals surface area (Å²) in [5.41, 5.74) is 2.20. The molecule has 0 aliphatic carbocycles. The second kappa shape index (κ2) is 5.66. The van der Waals surface area contributed by atoms with Gasteiger partial charge in [0.05, 0.1) is 23.5 Å². The minimum absolute atomic E-state index is 0.322. The molecular formula is C17H10O5S. The molecule has 0 saturated carbocycles. The Morgan fingerprint density at radius 3 is 3.00 bits per heavy atom. The third-order valence-corrected chi connectivity index (χ3v) is 3.85. The van der Waals surface area contributed by atoms with Crippen LogP contribution in [0, 0.1) is 10.8 Å². The minimum atomic E-state index is -0.436. The minimum Gasteiger partial charge on any atom is -0.472 e. The lowest BCUT2D eigenvalue weighted by Gasteiger charge is -1.98. The van der Waals surface area contributed by atoms with Crippen molar-refractivity contribution in [1.82, 2.24) is 0 Å². The largest absolute Gasteiger partial charge is 0.472 e. The molecule has 2 aromatic heterocycles. The zero-order valence-corrected chi connectivity index (χ0v) is 12.5. The molecule has 0 atom stereocenters. The highest BCUT2D eigenvalue weighted by Crippen LogP contribution is 2.22. The first-order chi connectivity index (χ1) is 11.3. The summed E-state index contributed by atoms with van der Waals surface area (Å²) < 4.78 is 21.5. The fraction of sp³-hybridized carbons (Fsp3) is 0. The summed E-state index contributed by atoms with van der Waals surface area (Å²) in [7, 11) is 0. The van der Waals surface area contributed by atoms with E-state index in [9.17, 15) is 4.79 Å². The number of esters is 1. The molecule has 2 aromatic rings. The van der Waals surface area contributed by atoms with Crippen molar-refractivity contribution in [2.24, 2.45) is 0 Å². The first kappa shape index (κ1) is 13.7. The van der Waals surface area contributed by atoms with Gasteiger partial charge in [-0.2, -0.15) is 11.3 Å². The number of thiophene rings is 1. The third-order valence-electron chi connectivity index (χ3n) is 3.17. The van der Waals surface area contributed by atoms with Crippen LogP contribution in [0.15, 0.2) is 73.1 Å². The van der Waals surface area contributed by atoms with Crippen LogP contribution in [0.25, 0.3) is 11.0 Å². The zero-order chi connectivity index (χ0) is 15.6. The fourth-order valence-electron chi connectivity index (χ4n) is 2.00. The molecular weight excluding hydrogens is 316 g/mol. The Kier molecular flexibility index (Phi) is 3.36. The number of furan rings is 1. The molecule has 0 saturated heterocycles. The Hall–Kier alpha value is -2.99. The molecule has 0 fully saturated rings. The van der Waals surface area contributed by atoms with E-state index in [2.05, 4.69) is 0 Å². The van der Waals surface area contributed by atoms with E-state index in [4.69, 9.17) is 18.0 Å². The predicted octanol–water partition coefficient (Wildman–Crippen LogP) is 4.75. The summed E-state index contributed by atoms with van der Waals surface area (Å²) in [4.78, 5) is 12.1. The van der Waals surface area contributed by atoms with E-state index < -0.39 is 5.97 Å². The first-order valence-corrected chi connectivity index (χ1v) is 7.70. The Morgan fingerprint density at radius 2 is 2.13 bits per heavy atom. The van der Waals surface area contributed by atoms with Gasteiger partial charge >= 0.3 is 5.97 Å². The van der Waals surface area contributed by atoms with Crippen LogP contribution < -0.4 is 4.74 Å². The van der Waals surface area contributed by atoms with Gasteiger partial charge in [-0.1, -0.05) is 0 Å². The summed E-state index contributed by atoms with van der Waals surface area (Å²) in [6, 6.07) is 8.45. The number of fused-ring (bicyclic) bond motifs is 1. The lowest BCUT2D eigenvalue weighted by molar-refractivity contribution is 0.0732. The molecule has 23 heavy (non-hydrogen) atoms. The van der Waals surface area contributed by atoms with E-state index in [0.717, 1.165) is 5.39 Å². The average Bonchev–Trinajstić information content (AvgIpc) is 2.93. The van der Waals surface area contributed by atoms with Gasteiger partial charge in [0.25, 0.3) is 0 Å². The van der Waals surface area contributed by atoms with E-state index in [0.29, 0.717) is 27.7 Å². The van der Waals surface area contributed by atoms with Crippen molar-refractivity contribution in [1.29, 1.82) is 0 Å². The predicted molar refractivity (Wildman–Crippen MR) is 83.0 cm³/mol. The van der Waals surface area contributed by atoms with Gasteiger partial charge in [-0.3, -0.25) is 0 Å². The Morgan fingerprint density at radius 1 is 1.17 bits per heavy atom. The number of carbonyl (C=O) groups is 1. The van der Waals surface area contributed by atoms with E-state index in [1.807, 2.05) is 5.38 Å². The highest BCUT2D eigenvalue weighted by atomic mass is 32.1. The molecule has 0 N–H and O–H groups in total. The quantitative estimate of drug-likeness (QED) is 0.497. The van der Waals surface area contributed by atoms with Gasteiger partial charge in [0, 0.05) is 11.4 Å². The highest BCUT2D eigenvalue weighted by Gasteiger charge is 2.13. The van der Waals surface area contributed by atoms with Gasteiger partial charge in [-0.05, 0) is 29.6 Å². The zero-order valence-electron chi connectivity index (χ0n) is 11.7. The molecule has 0 spiro atoms. The van der Waals surface area contributed by atoms with Crippen LogP contribution in [0.2, 0.25) is 0 Å². The van der Waals surface area contributed by atoms with Crippen molar-refractivity contribution < 1.29 is 22.8 Å². The summed E-state index contributed by atoms with van der Waals surface area (Å²) in [6.07, 6.45) is 4.60. The Bertz CT molecular complexity index is 1070. The van der Waals surface area contributed by atoms with Crippen molar-refractivity contribution in [3.63, 3.8) is 0 Å². The monoisotopic (exact) mass is 326 g/mol. The van der Waals surface area contributed by atoms with Crippen LogP contribution in [0.5, 0.6) is 5.75 Å². The van der Waals surface area contributed by atoms with Crippen molar-refractivity contribution in [3.05, 3.63) is 76.3 Å². The van der Waals surface area contributed by atoms with Crippen LogP contribution in [-0.4, -0.2) is 5.97 Å². The van der Waals surface area contributed by atoms with Crippen molar-refractivity contribution >= 4 is 28.3 Å². The van der Waals surface area contributed by atoms with Crippen LogP contribution in [0.3, 0.4) is 0 Å². The smallest absolute Gasteiger partial charge is 0.344 e. The molecule has 0 aromatic carbocycles. The second-order valence-electron chi connectivity index (χ2n) is 4.69. The van der Waals surface area contributed by atoms with Crippen LogP contribution in [-0.2, 0) is 0 Å². The number of hydrogen-bond acceptors (Lipinski definition) is 6. The molecule has 2 aliphatic heterocycles. The molecule has 0 unspecified atom stereocenters.